The predicted octanol–water partition coefficient (Wildman–Crippen LogP) is 16.5. The molecule has 1 fully saturated rings. The SMILES string of the molecule is Cc1ccc(N2c3cc(C(C)(C)C)cc4c3B(c3oc5cc(N(c6ccccc6)c6ccccc6)ccc5c3N4c3ccc(C(C)(C)C)cc3)c3c2ccc2c3OC3(C)CCCCC23C)c(-c2ccccc2)c1. The highest BCUT2D eigenvalue weighted by atomic mass is 16.5. The third-order valence-corrected chi connectivity index (χ3v) is 17.1. The zero-order valence-electron chi connectivity index (χ0n) is 43.8. The lowest BCUT2D eigenvalue weighted by Gasteiger charge is -2.44. The second kappa shape index (κ2) is 16.3. The van der Waals surface area contributed by atoms with E-state index in [1.165, 1.54) is 56.4 Å². The monoisotopic (exact) mass is 954 g/mol. The molecule has 5 nitrogen and oxygen atoms in total. The molecule has 0 bridgehead atoms. The maximum Gasteiger partial charge on any atom is 0.301 e. The first-order valence-electron chi connectivity index (χ1n) is 26.5. The highest BCUT2D eigenvalue weighted by Gasteiger charge is 2.58. The van der Waals surface area contributed by atoms with Gasteiger partial charge in [0.1, 0.15) is 16.9 Å². The Hall–Kier alpha value is -7.44. The van der Waals surface area contributed by atoms with Crippen LogP contribution in [0.25, 0.3) is 22.1 Å². The summed E-state index contributed by atoms with van der Waals surface area (Å²) in [5.74, 6) is 1.03. The van der Waals surface area contributed by atoms with Gasteiger partial charge < -0.3 is 23.9 Å². The van der Waals surface area contributed by atoms with E-state index in [2.05, 4.69) is 253 Å². The second-order valence-electron chi connectivity index (χ2n) is 23.7. The number of rotatable bonds is 6. The van der Waals surface area contributed by atoms with E-state index >= 15 is 0 Å². The number of aryl methyl sites for hydroxylation is 1. The number of nitrogens with zero attached hydrogens (tertiary/aromatic N) is 3. The van der Waals surface area contributed by atoms with Crippen LogP contribution in [0.5, 0.6) is 5.75 Å². The lowest BCUT2D eigenvalue weighted by atomic mass is 9.35. The van der Waals surface area contributed by atoms with E-state index < -0.39 is 0 Å². The molecule has 2 unspecified atom stereocenters. The predicted molar refractivity (Wildman–Crippen MR) is 307 cm³/mol. The van der Waals surface area contributed by atoms with Crippen LogP contribution in [0.1, 0.15) is 103 Å². The largest absolute Gasteiger partial charge is 0.487 e. The lowest BCUT2D eigenvalue weighted by molar-refractivity contribution is 0.00792. The first-order valence-corrected chi connectivity index (χ1v) is 26.5. The van der Waals surface area contributed by atoms with E-state index in [4.69, 9.17) is 9.15 Å². The van der Waals surface area contributed by atoms with Gasteiger partial charge in [-0.15, -0.1) is 0 Å². The van der Waals surface area contributed by atoms with Crippen molar-refractivity contribution in [3.8, 4) is 16.9 Å². The van der Waals surface area contributed by atoms with E-state index in [-0.39, 0.29) is 28.6 Å². The van der Waals surface area contributed by atoms with Crippen molar-refractivity contribution in [2.75, 3.05) is 14.7 Å². The summed E-state index contributed by atoms with van der Waals surface area (Å²) in [6.45, 7) is 20.7. The molecule has 4 aliphatic rings. The molecule has 1 aliphatic carbocycles. The summed E-state index contributed by atoms with van der Waals surface area (Å²) in [6.07, 6.45) is 4.46. The van der Waals surface area contributed by atoms with Crippen LogP contribution in [-0.4, -0.2) is 12.3 Å². The maximum absolute atomic E-state index is 7.72. The molecule has 8 aromatic carbocycles. The molecular formula is C67H64BN3O2. The number of hydrogen-bond donors (Lipinski definition) is 0. The van der Waals surface area contributed by atoms with Crippen LogP contribution in [0.2, 0.25) is 0 Å². The van der Waals surface area contributed by atoms with Gasteiger partial charge in [-0.3, -0.25) is 0 Å². The van der Waals surface area contributed by atoms with Crippen LogP contribution in [0.4, 0.5) is 51.2 Å². The van der Waals surface area contributed by atoms with E-state index in [1.807, 2.05) is 0 Å². The molecule has 2 atom stereocenters. The lowest BCUT2D eigenvalue weighted by Crippen LogP contribution is -2.61. The highest BCUT2D eigenvalue weighted by Crippen LogP contribution is 2.59. The molecule has 4 heterocycles. The van der Waals surface area contributed by atoms with E-state index in [0.29, 0.717) is 0 Å². The summed E-state index contributed by atoms with van der Waals surface area (Å²) in [4.78, 5) is 7.45. The van der Waals surface area contributed by atoms with Gasteiger partial charge in [0.2, 0.25) is 0 Å². The molecule has 0 saturated heterocycles. The highest BCUT2D eigenvalue weighted by molar-refractivity contribution is 7.00. The van der Waals surface area contributed by atoms with Crippen molar-refractivity contribution in [2.24, 2.45) is 0 Å². The van der Waals surface area contributed by atoms with Crippen molar-refractivity contribution >= 4 is 85.5 Å². The smallest absolute Gasteiger partial charge is 0.301 e. The van der Waals surface area contributed by atoms with E-state index in [0.717, 1.165) is 87.1 Å². The Bertz CT molecular complexity index is 3590. The van der Waals surface area contributed by atoms with Gasteiger partial charge in [0.05, 0.1) is 17.0 Å². The normalized spacial score (nSPS) is 18.7. The van der Waals surface area contributed by atoms with Crippen LogP contribution in [0.15, 0.2) is 180 Å². The van der Waals surface area contributed by atoms with Crippen molar-refractivity contribution in [2.45, 2.75) is 110 Å². The molecule has 0 amide bonds. The number of hydrogen-bond acceptors (Lipinski definition) is 5. The Labute approximate surface area is 432 Å². The van der Waals surface area contributed by atoms with Crippen LogP contribution in [0.3, 0.4) is 0 Å². The number of para-hydroxylation sites is 2. The first kappa shape index (κ1) is 45.4. The molecule has 362 valence electrons. The Balaban J connectivity index is 1.15. The Morgan fingerprint density at radius 1 is 0.548 bits per heavy atom. The van der Waals surface area contributed by atoms with Gasteiger partial charge in [0.15, 0.2) is 0 Å². The number of benzene rings is 8. The summed E-state index contributed by atoms with van der Waals surface area (Å²) in [7, 11) is 0. The van der Waals surface area contributed by atoms with Crippen LogP contribution in [-0.2, 0) is 16.2 Å². The molecule has 1 aromatic heterocycles. The minimum Gasteiger partial charge on any atom is -0.487 e. The van der Waals surface area contributed by atoms with Crippen LogP contribution in [0, 0.1) is 6.92 Å². The third kappa shape index (κ3) is 6.96. The number of ether oxygens (including phenoxy) is 1. The first-order chi connectivity index (χ1) is 35.1. The Kier molecular flexibility index (Phi) is 10.1. The molecule has 0 spiro atoms. The summed E-state index contributed by atoms with van der Waals surface area (Å²) in [5.41, 5.74) is 21.0. The zero-order chi connectivity index (χ0) is 50.2. The van der Waals surface area contributed by atoms with Gasteiger partial charge in [-0.2, -0.15) is 0 Å². The van der Waals surface area contributed by atoms with Gasteiger partial charge in [0.25, 0.3) is 0 Å². The second-order valence-corrected chi connectivity index (χ2v) is 23.7. The van der Waals surface area contributed by atoms with Gasteiger partial charge in [0, 0.05) is 73.3 Å². The molecule has 1 saturated carbocycles. The van der Waals surface area contributed by atoms with Gasteiger partial charge >= 0.3 is 6.71 Å². The Morgan fingerprint density at radius 3 is 1.82 bits per heavy atom. The Morgan fingerprint density at radius 2 is 1.16 bits per heavy atom. The van der Waals surface area contributed by atoms with Gasteiger partial charge in [-0.25, -0.2) is 0 Å². The third-order valence-electron chi connectivity index (χ3n) is 17.1. The minimum atomic E-state index is -0.342. The molecular weight excluding hydrogens is 890 g/mol. The van der Waals surface area contributed by atoms with E-state index in [1.54, 1.807) is 0 Å². The fourth-order valence-corrected chi connectivity index (χ4v) is 12.9. The molecule has 0 N–H and O–H groups in total. The molecule has 73 heavy (non-hydrogen) atoms. The van der Waals surface area contributed by atoms with Gasteiger partial charge in [-0.1, -0.05) is 151 Å². The maximum atomic E-state index is 7.72. The van der Waals surface area contributed by atoms with Gasteiger partial charge in [-0.05, 0) is 145 Å². The van der Waals surface area contributed by atoms with Crippen LogP contribution < -0.4 is 36.0 Å². The standard InChI is InChI=1S/C67H64BN3O2/c1-43-27-35-54(52(39-43)44-21-13-10-14-22-44)71-55-36-34-53-62(73-67(9)38-20-19-37-66(53,67)8)60(55)68-59-56(40-46(41-57(59)71)65(5,6)7)70(49-30-28-45(29-31-49)64(2,3)4)61-51-33-32-50(42-58(51)72-63(61)68)69(47-23-15-11-16-24-47)48-25-17-12-18-26-48/h10-18,21-36,39-42H,19-20,37-38H2,1-9H3. The molecule has 3 aliphatic heterocycles. The quantitative estimate of drug-likeness (QED) is 0.155. The molecule has 9 aromatic rings. The van der Waals surface area contributed by atoms with Crippen molar-refractivity contribution in [1.29, 1.82) is 0 Å². The van der Waals surface area contributed by atoms with Crippen LogP contribution >= 0.6 is 0 Å². The number of anilines is 9. The number of fused-ring (bicyclic) bond motifs is 10. The fraction of sp³-hybridized carbons (Fsp3) is 0.254. The zero-order valence-corrected chi connectivity index (χ0v) is 43.8. The van der Waals surface area contributed by atoms with Crippen molar-refractivity contribution in [3.63, 3.8) is 0 Å². The van der Waals surface area contributed by atoms with Crippen molar-refractivity contribution < 1.29 is 9.15 Å². The fourth-order valence-electron chi connectivity index (χ4n) is 12.9. The summed E-state index contributed by atoms with van der Waals surface area (Å²) >= 11 is 0. The minimum absolute atomic E-state index is 0.0103. The molecule has 13 rings (SSSR count). The van der Waals surface area contributed by atoms with Crippen molar-refractivity contribution in [1.82, 2.24) is 0 Å². The topological polar surface area (TPSA) is 32.1 Å². The van der Waals surface area contributed by atoms with Crippen molar-refractivity contribution in [3.05, 3.63) is 198 Å². The summed E-state index contributed by atoms with van der Waals surface area (Å²) < 4.78 is 15.4. The summed E-state index contributed by atoms with van der Waals surface area (Å²) in [6, 6.07) is 65.2. The number of furan rings is 1. The average Bonchev–Trinajstić information content (AvgIpc) is 3.88. The summed E-state index contributed by atoms with van der Waals surface area (Å²) in [5, 5.41) is 1.07. The van der Waals surface area contributed by atoms with E-state index in [9.17, 15) is 0 Å². The molecule has 6 heteroatoms. The molecule has 0 radical (unpaired) electrons. The average molecular weight is 954 g/mol.